The van der Waals surface area contributed by atoms with Crippen LogP contribution in [0.5, 0.6) is 0 Å². The molecule has 4 rings (SSSR count). The molecule has 1 saturated carbocycles. The smallest absolute Gasteiger partial charge is 0.0117 e. The molecular formula is C27H36. The lowest BCUT2D eigenvalue weighted by Crippen LogP contribution is -2.20. The van der Waals surface area contributed by atoms with Crippen molar-refractivity contribution in [1.29, 1.82) is 0 Å². The van der Waals surface area contributed by atoms with Crippen LogP contribution in [0.2, 0.25) is 0 Å². The molecule has 2 aliphatic carbocycles. The molecule has 0 saturated heterocycles. The van der Waals surface area contributed by atoms with Crippen LogP contribution < -0.4 is 0 Å². The molecule has 0 aliphatic heterocycles. The Kier molecular flexibility index (Phi) is 4.95. The first kappa shape index (κ1) is 18.8. The highest BCUT2D eigenvalue weighted by Crippen LogP contribution is 2.44. The van der Waals surface area contributed by atoms with Crippen molar-refractivity contribution in [1.82, 2.24) is 0 Å². The summed E-state index contributed by atoms with van der Waals surface area (Å²) in [5.74, 6) is 3.20. The fourth-order valence-corrected chi connectivity index (χ4v) is 5.88. The van der Waals surface area contributed by atoms with Crippen molar-refractivity contribution in [3.05, 3.63) is 57.6 Å². The summed E-state index contributed by atoms with van der Waals surface area (Å²) in [4.78, 5) is 0. The lowest BCUT2D eigenvalue weighted by atomic mass is 9.71. The second-order valence-electron chi connectivity index (χ2n) is 9.93. The maximum Gasteiger partial charge on any atom is -0.0117 e. The Labute approximate surface area is 166 Å². The maximum atomic E-state index is 2.54. The molecule has 0 nitrogen and oxygen atoms in total. The first-order chi connectivity index (χ1) is 12.8. The van der Waals surface area contributed by atoms with Crippen LogP contribution in [0.15, 0.2) is 24.3 Å². The van der Waals surface area contributed by atoms with E-state index in [9.17, 15) is 0 Å². The van der Waals surface area contributed by atoms with E-state index in [1.807, 2.05) is 0 Å². The van der Waals surface area contributed by atoms with Gasteiger partial charge in [-0.2, -0.15) is 0 Å². The predicted molar refractivity (Wildman–Crippen MR) is 118 cm³/mol. The van der Waals surface area contributed by atoms with Gasteiger partial charge >= 0.3 is 0 Å². The fourth-order valence-electron chi connectivity index (χ4n) is 5.88. The van der Waals surface area contributed by atoms with Gasteiger partial charge in [0.2, 0.25) is 0 Å². The molecule has 4 atom stereocenters. The Morgan fingerprint density at radius 2 is 1.56 bits per heavy atom. The van der Waals surface area contributed by atoms with E-state index < -0.39 is 0 Å². The van der Waals surface area contributed by atoms with E-state index in [0.29, 0.717) is 0 Å². The van der Waals surface area contributed by atoms with Crippen molar-refractivity contribution in [2.75, 3.05) is 0 Å². The molecule has 0 aromatic heterocycles. The molecule has 0 heterocycles. The normalized spacial score (nSPS) is 27.6. The maximum absolute atomic E-state index is 2.54. The van der Waals surface area contributed by atoms with E-state index in [2.05, 4.69) is 65.8 Å². The lowest BCUT2D eigenvalue weighted by Gasteiger charge is -2.34. The van der Waals surface area contributed by atoms with Gasteiger partial charge in [0, 0.05) is 0 Å². The van der Waals surface area contributed by atoms with Gasteiger partial charge in [-0.1, -0.05) is 51.5 Å². The minimum Gasteiger partial charge on any atom is -0.0625 e. The fraction of sp³-hybridized carbons (Fsp3) is 0.556. The molecule has 4 unspecified atom stereocenters. The monoisotopic (exact) mass is 360 g/mol. The Balaban J connectivity index is 1.79. The highest BCUT2D eigenvalue weighted by atomic mass is 14.3. The second kappa shape index (κ2) is 7.12. The van der Waals surface area contributed by atoms with Crippen molar-refractivity contribution in [3.8, 4) is 11.1 Å². The van der Waals surface area contributed by atoms with E-state index in [4.69, 9.17) is 0 Å². The van der Waals surface area contributed by atoms with Gasteiger partial charge in [-0.25, -0.2) is 0 Å². The van der Waals surface area contributed by atoms with Gasteiger partial charge in [0.05, 0.1) is 0 Å². The number of hydrogen-bond donors (Lipinski definition) is 0. The summed E-state index contributed by atoms with van der Waals surface area (Å²) in [6, 6.07) is 9.78. The van der Waals surface area contributed by atoms with Gasteiger partial charge < -0.3 is 0 Å². The van der Waals surface area contributed by atoms with Crippen LogP contribution in [0, 0.1) is 38.5 Å². The summed E-state index contributed by atoms with van der Waals surface area (Å²) in [6.07, 6.45) is 6.63. The van der Waals surface area contributed by atoms with Crippen LogP contribution >= 0.6 is 0 Å². The molecule has 2 aliphatic rings. The summed E-state index contributed by atoms with van der Waals surface area (Å²) >= 11 is 0. The van der Waals surface area contributed by atoms with E-state index in [0.717, 1.165) is 23.7 Å². The number of aryl methyl sites for hydroxylation is 3. The van der Waals surface area contributed by atoms with Gasteiger partial charge in [-0.15, -0.1) is 0 Å². The van der Waals surface area contributed by atoms with Crippen LogP contribution in [0.25, 0.3) is 11.1 Å². The summed E-state index contributed by atoms with van der Waals surface area (Å²) in [5, 5.41) is 0. The quantitative estimate of drug-likeness (QED) is 0.518. The van der Waals surface area contributed by atoms with Gasteiger partial charge in [0.25, 0.3) is 0 Å². The predicted octanol–water partition coefficient (Wildman–Crippen LogP) is 7.55. The highest BCUT2D eigenvalue weighted by Gasteiger charge is 2.29. The molecule has 0 bridgehead atoms. The van der Waals surface area contributed by atoms with Crippen molar-refractivity contribution < 1.29 is 0 Å². The summed E-state index contributed by atoms with van der Waals surface area (Å²) in [7, 11) is 0. The molecule has 2 aromatic rings. The molecule has 0 N–H and O–H groups in total. The molecule has 1 fully saturated rings. The van der Waals surface area contributed by atoms with E-state index in [1.54, 1.807) is 16.7 Å². The van der Waals surface area contributed by atoms with Gasteiger partial charge in [0.1, 0.15) is 0 Å². The lowest BCUT2D eigenvalue weighted by molar-refractivity contribution is 0.264. The third-order valence-electron chi connectivity index (χ3n) is 7.48. The molecule has 2 aromatic carbocycles. The van der Waals surface area contributed by atoms with Crippen LogP contribution in [0.3, 0.4) is 0 Å². The minimum atomic E-state index is 0.740. The molecule has 27 heavy (non-hydrogen) atoms. The second-order valence-corrected chi connectivity index (χ2v) is 9.93. The Bertz CT molecular complexity index is 857. The topological polar surface area (TPSA) is 0 Å². The number of benzene rings is 2. The Morgan fingerprint density at radius 1 is 0.778 bits per heavy atom. The molecule has 0 radical (unpaired) electrons. The number of rotatable bonds is 2. The van der Waals surface area contributed by atoms with Gasteiger partial charge in [-0.3, -0.25) is 0 Å². The van der Waals surface area contributed by atoms with Crippen LogP contribution in [0.1, 0.15) is 79.3 Å². The third kappa shape index (κ3) is 3.37. The number of fused-ring (bicyclic) bond motifs is 1. The summed E-state index contributed by atoms with van der Waals surface area (Å²) in [5.41, 5.74) is 12.3. The van der Waals surface area contributed by atoms with Gasteiger partial charge in [0.15, 0.2) is 0 Å². The van der Waals surface area contributed by atoms with Crippen molar-refractivity contribution in [2.24, 2.45) is 17.8 Å². The van der Waals surface area contributed by atoms with Gasteiger partial charge in [-0.05, 0) is 115 Å². The third-order valence-corrected chi connectivity index (χ3v) is 7.48. The minimum absolute atomic E-state index is 0.740. The van der Waals surface area contributed by atoms with E-state index in [1.165, 1.54) is 59.9 Å². The molecule has 144 valence electrons. The van der Waals surface area contributed by atoms with Crippen LogP contribution in [-0.2, 0) is 12.8 Å². The molecule has 0 amide bonds. The van der Waals surface area contributed by atoms with Crippen LogP contribution in [0.4, 0.5) is 0 Å². The first-order valence-corrected chi connectivity index (χ1v) is 11.1. The average molecular weight is 361 g/mol. The largest absolute Gasteiger partial charge is 0.0625 e. The number of hydrogen-bond acceptors (Lipinski definition) is 0. The zero-order chi connectivity index (χ0) is 19.3. The van der Waals surface area contributed by atoms with Crippen LogP contribution in [-0.4, -0.2) is 0 Å². The molecular weight excluding hydrogens is 324 g/mol. The zero-order valence-corrected chi connectivity index (χ0v) is 18.2. The summed E-state index contributed by atoms with van der Waals surface area (Å²) in [6.45, 7) is 14.3. The van der Waals surface area contributed by atoms with E-state index in [-0.39, 0.29) is 0 Å². The average Bonchev–Trinajstić information content (AvgIpc) is 2.99. The zero-order valence-electron chi connectivity index (χ0n) is 18.2. The van der Waals surface area contributed by atoms with E-state index >= 15 is 0 Å². The Hall–Kier alpha value is -1.56. The standard InChI is InChI=1S/C27H36/c1-16-7-8-18(3)23(12-16)24-14-21(6)25(15-20(24)5)27-19(4)9-10-22-11-17(2)13-26(22)27/h9-10,14-18,23H,7-8,11-13H2,1-6H3. The van der Waals surface area contributed by atoms with Crippen molar-refractivity contribution in [3.63, 3.8) is 0 Å². The summed E-state index contributed by atoms with van der Waals surface area (Å²) < 4.78 is 0. The molecule has 0 heteroatoms. The first-order valence-electron chi connectivity index (χ1n) is 11.1. The SMILES string of the molecule is Cc1cc(C2CC(C)CCC2C)c(C)cc1-c1c(C)ccc2c1CC(C)C2. The highest BCUT2D eigenvalue weighted by molar-refractivity contribution is 5.76. The van der Waals surface area contributed by atoms with Crippen molar-refractivity contribution in [2.45, 2.75) is 79.6 Å². The molecule has 0 spiro atoms. The van der Waals surface area contributed by atoms with Crippen molar-refractivity contribution >= 4 is 0 Å². The Morgan fingerprint density at radius 3 is 2.33 bits per heavy atom.